The summed E-state index contributed by atoms with van der Waals surface area (Å²) in [5.41, 5.74) is 1.09. The largest absolute Gasteiger partial charge is 0.547 e. The molecular weight excluding hydrogens is 304 g/mol. The van der Waals surface area contributed by atoms with Gasteiger partial charge in [-0.2, -0.15) is 0 Å². The van der Waals surface area contributed by atoms with Crippen LogP contribution in [0.25, 0.3) is 0 Å². The van der Waals surface area contributed by atoms with Gasteiger partial charge in [0.25, 0.3) is 0 Å². The fraction of sp³-hybridized carbons (Fsp3) is 0.526. The van der Waals surface area contributed by atoms with Crippen LogP contribution in [0, 0.1) is 0 Å². The minimum Gasteiger partial charge on any atom is -0.547 e. The molecule has 0 bridgehead atoms. The second-order valence-electron chi connectivity index (χ2n) is 7.44. The number of hydrogen-bond donors (Lipinski definition) is 0. The normalized spacial score (nSPS) is 14.3. The molecule has 0 spiro atoms. The van der Waals surface area contributed by atoms with Crippen LogP contribution >= 0.6 is 0 Å². The van der Waals surface area contributed by atoms with Gasteiger partial charge in [-0.05, 0) is 36.7 Å². The Kier molecular flexibility index (Phi) is 6.63. The van der Waals surface area contributed by atoms with E-state index in [0.29, 0.717) is 6.42 Å². The summed E-state index contributed by atoms with van der Waals surface area (Å²) in [6, 6.07) is 10.0. The monoisotopic (exact) mass is 334 g/mol. The van der Waals surface area contributed by atoms with E-state index in [9.17, 15) is 4.79 Å². The average molecular weight is 335 g/mol. The fourth-order valence-corrected chi connectivity index (χ4v) is 3.29. The van der Waals surface area contributed by atoms with Gasteiger partial charge >= 0.3 is 5.97 Å². The van der Waals surface area contributed by atoms with Crippen molar-refractivity contribution in [1.29, 1.82) is 0 Å². The number of allylic oxidation sites excluding steroid dienone is 2. The first-order valence-corrected chi connectivity index (χ1v) is 11.0. The molecule has 0 aliphatic carbocycles. The molecule has 0 saturated heterocycles. The Hall–Kier alpha value is -1.55. The Morgan fingerprint density at radius 3 is 2.26 bits per heavy atom. The van der Waals surface area contributed by atoms with Gasteiger partial charge in [-0.3, -0.25) is 4.79 Å². The van der Waals surface area contributed by atoms with Gasteiger partial charge in [0.05, 0.1) is 19.3 Å². The van der Waals surface area contributed by atoms with Gasteiger partial charge in [0, 0.05) is 5.92 Å². The summed E-state index contributed by atoms with van der Waals surface area (Å²) in [4.78, 5) is 11.7. The van der Waals surface area contributed by atoms with Crippen LogP contribution in [0.1, 0.15) is 45.6 Å². The molecule has 0 radical (unpaired) electrons. The molecule has 4 heteroatoms. The van der Waals surface area contributed by atoms with Crippen LogP contribution in [-0.2, 0) is 14.0 Å². The number of carbonyl (C=O) groups excluding carboxylic acids is 1. The van der Waals surface area contributed by atoms with E-state index in [0.717, 1.165) is 11.3 Å². The lowest BCUT2D eigenvalue weighted by Gasteiger charge is -2.37. The van der Waals surface area contributed by atoms with Crippen LogP contribution in [0.3, 0.4) is 0 Å². The molecule has 0 aliphatic rings. The topological polar surface area (TPSA) is 35.5 Å². The van der Waals surface area contributed by atoms with Crippen molar-refractivity contribution >= 4 is 14.3 Å². The Bertz CT molecular complexity index is 541. The highest BCUT2D eigenvalue weighted by Gasteiger charge is 2.39. The zero-order valence-corrected chi connectivity index (χ0v) is 16.5. The molecule has 0 amide bonds. The average Bonchev–Trinajstić information content (AvgIpc) is 2.45. The molecule has 1 aromatic carbocycles. The van der Waals surface area contributed by atoms with Crippen molar-refractivity contribution in [3.8, 4) is 0 Å². The lowest BCUT2D eigenvalue weighted by molar-refractivity contribution is -0.140. The second-order valence-corrected chi connectivity index (χ2v) is 12.2. The third kappa shape index (κ3) is 5.86. The number of carbonyl (C=O) groups is 1. The van der Waals surface area contributed by atoms with Crippen molar-refractivity contribution in [1.82, 2.24) is 0 Å². The van der Waals surface area contributed by atoms with E-state index in [1.54, 1.807) is 0 Å². The summed E-state index contributed by atoms with van der Waals surface area (Å²) in [6.45, 7) is 13.1. The Morgan fingerprint density at radius 1 is 1.22 bits per heavy atom. The molecule has 1 aromatic rings. The van der Waals surface area contributed by atoms with Gasteiger partial charge in [-0.15, -0.1) is 0 Å². The van der Waals surface area contributed by atoms with Crippen LogP contribution in [0.5, 0.6) is 0 Å². The molecule has 0 N–H and O–H groups in total. The molecule has 1 atom stereocenters. The minimum absolute atomic E-state index is 0.0339. The zero-order valence-electron chi connectivity index (χ0n) is 15.5. The Balaban J connectivity index is 3.01. The van der Waals surface area contributed by atoms with Crippen LogP contribution < -0.4 is 0 Å². The highest BCUT2D eigenvalue weighted by atomic mass is 28.4. The second kappa shape index (κ2) is 7.82. The van der Waals surface area contributed by atoms with Crippen LogP contribution in [0.4, 0.5) is 0 Å². The predicted octanol–water partition coefficient (Wildman–Crippen LogP) is 5.26. The standard InChI is InChI=1S/C19H30O3Si/c1-15(22-23(6,7)19(2,3)4)13-17(14-18(20)21-5)16-11-9-8-10-12-16/h8-13,17H,14H2,1-7H3/b15-13+. The Labute approximate surface area is 141 Å². The highest BCUT2D eigenvalue weighted by molar-refractivity contribution is 6.74. The number of methoxy groups -OCH3 is 1. The van der Waals surface area contributed by atoms with Gasteiger partial charge in [-0.25, -0.2) is 0 Å². The van der Waals surface area contributed by atoms with E-state index in [1.165, 1.54) is 7.11 Å². The zero-order chi connectivity index (χ0) is 17.7. The number of benzene rings is 1. The van der Waals surface area contributed by atoms with Gasteiger partial charge < -0.3 is 9.16 Å². The van der Waals surface area contributed by atoms with Crippen LogP contribution in [0.2, 0.25) is 18.1 Å². The lowest BCUT2D eigenvalue weighted by atomic mass is 9.95. The quantitative estimate of drug-likeness (QED) is 0.404. The maximum atomic E-state index is 11.7. The van der Waals surface area contributed by atoms with E-state index in [2.05, 4.69) is 33.9 Å². The number of ether oxygens (including phenoxy) is 1. The predicted molar refractivity (Wildman–Crippen MR) is 97.9 cm³/mol. The van der Waals surface area contributed by atoms with Crippen LogP contribution in [0.15, 0.2) is 42.2 Å². The number of rotatable bonds is 6. The Morgan fingerprint density at radius 2 is 1.78 bits per heavy atom. The van der Waals surface area contributed by atoms with Crippen molar-refractivity contribution in [2.24, 2.45) is 0 Å². The minimum atomic E-state index is -1.87. The van der Waals surface area contributed by atoms with E-state index >= 15 is 0 Å². The fourth-order valence-electron chi connectivity index (χ4n) is 2.11. The van der Waals surface area contributed by atoms with Crippen molar-refractivity contribution in [2.45, 2.75) is 58.2 Å². The van der Waals surface area contributed by atoms with E-state index in [4.69, 9.17) is 9.16 Å². The van der Waals surface area contributed by atoms with Gasteiger partial charge in [0.2, 0.25) is 8.32 Å². The first-order chi connectivity index (χ1) is 10.6. The number of esters is 1. The van der Waals surface area contributed by atoms with E-state index in [1.807, 2.05) is 43.3 Å². The summed E-state index contributed by atoms with van der Waals surface area (Å²) >= 11 is 0. The SMILES string of the molecule is COC(=O)CC(/C=C(\C)O[Si](C)(C)C(C)(C)C)c1ccccc1. The van der Waals surface area contributed by atoms with Crippen molar-refractivity contribution in [3.05, 3.63) is 47.7 Å². The first kappa shape index (κ1) is 19.5. The first-order valence-electron chi connectivity index (χ1n) is 8.06. The van der Waals surface area contributed by atoms with Crippen molar-refractivity contribution < 1.29 is 14.0 Å². The lowest BCUT2D eigenvalue weighted by Crippen LogP contribution is -2.40. The van der Waals surface area contributed by atoms with Gasteiger partial charge in [0.1, 0.15) is 0 Å². The smallest absolute Gasteiger partial charge is 0.306 e. The molecule has 23 heavy (non-hydrogen) atoms. The van der Waals surface area contributed by atoms with E-state index < -0.39 is 8.32 Å². The summed E-state index contributed by atoms with van der Waals surface area (Å²) in [5, 5.41) is 0.146. The summed E-state index contributed by atoms with van der Waals surface area (Å²) < 4.78 is 11.2. The van der Waals surface area contributed by atoms with Crippen molar-refractivity contribution in [2.75, 3.05) is 7.11 Å². The van der Waals surface area contributed by atoms with Crippen molar-refractivity contribution in [3.63, 3.8) is 0 Å². The molecule has 0 aliphatic heterocycles. The summed E-state index contributed by atoms with van der Waals surface area (Å²) in [5.74, 6) is 0.637. The molecule has 3 nitrogen and oxygen atoms in total. The molecule has 0 saturated carbocycles. The molecular formula is C19H30O3Si. The highest BCUT2D eigenvalue weighted by Crippen LogP contribution is 2.38. The van der Waals surface area contributed by atoms with Gasteiger partial charge in [-0.1, -0.05) is 51.1 Å². The third-order valence-electron chi connectivity index (χ3n) is 4.50. The molecule has 0 fully saturated rings. The molecule has 1 unspecified atom stereocenters. The summed E-state index contributed by atoms with van der Waals surface area (Å²) in [7, 11) is -0.445. The van der Waals surface area contributed by atoms with Gasteiger partial charge in [0.15, 0.2) is 0 Å². The number of hydrogen-bond acceptors (Lipinski definition) is 3. The van der Waals surface area contributed by atoms with Crippen LogP contribution in [-0.4, -0.2) is 21.4 Å². The maximum absolute atomic E-state index is 11.7. The summed E-state index contributed by atoms with van der Waals surface area (Å²) in [6.07, 6.45) is 2.37. The molecule has 1 rings (SSSR count). The third-order valence-corrected chi connectivity index (χ3v) is 8.94. The molecule has 0 aromatic heterocycles. The van der Waals surface area contributed by atoms with E-state index in [-0.39, 0.29) is 16.9 Å². The molecule has 0 heterocycles. The molecule has 128 valence electrons. The maximum Gasteiger partial charge on any atom is 0.306 e.